The molecule has 1 fully saturated rings. The molecule has 1 aromatic rings. The number of phenolic OH excluding ortho intramolecular Hbond substituents is 1. The first-order valence-electron chi connectivity index (χ1n) is 10.4. The van der Waals surface area contributed by atoms with Crippen molar-refractivity contribution < 1.29 is 24.5 Å². The molecule has 29 heavy (non-hydrogen) atoms. The SMILES string of the molecule is Cc1c(C)c2c(c(C)c1O)CCC(C)(C(=O)NC(CO)C(=O)NC1CCCC1)O2. The first kappa shape index (κ1) is 21.4. The molecule has 1 saturated carbocycles. The second-order valence-electron chi connectivity index (χ2n) is 8.56. The highest BCUT2D eigenvalue weighted by Gasteiger charge is 2.42. The first-order chi connectivity index (χ1) is 13.7. The van der Waals surface area contributed by atoms with Crippen molar-refractivity contribution in [2.75, 3.05) is 6.61 Å². The van der Waals surface area contributed by atoms with E-state index in [4.69, 9.17) is 4.74 Å². The van der Waals surface area contributed by atoms with Crippen LogP contribution in [0.4, 0.5) is 0 Å². The molecule has 4 N–H and O–H groups in total. The zero-order valence-electron chi connectivity index (χ0n) is 17.7. The monoisotopic (exact) mass is 404 g/mol. The van der Waals surface area contributed by atoms with Crippen LogP contribution in [0.5, 0.6) is 11.5 Å². The second kappa shape index (κ2) is 8.22. The van der Waals surface area contributed by atoms with Gasteiger partial charge in [-0.2, -0.15) is 0 Å². The predicted octanol–water partition coefficient (Wildman–Crippen LogP) is 1.94. The number of aliphatic hydroxyl groups is 1. The summed E-state index contributed by atoms with van der Waals surface area (Å²) in [6.45, 7) is 6.76. The molecule has 3 rings (SSSR count). The van der Waals surface area contributed by atoms with Gasteiger partial charge in [0.25, 0.3) is 5.91 Å². The van der Waals surface area contributed by atoms with Crippen molar-refractivity contribution >= 4 is 11.8 Å². The van der Waals surface area contributed by atoms with Gasteiger partial charge in [0.15, 0.2) is 5.60 Å². The largest absolute Gasteiger partial charge is 0.507 e. The number of fused-ring (bicyclic) bond motifs is 1. The third kappa shape index (κ3) is 4.06. The van der Waals surface area contributed by atoms with Gasteiger partial charge in [0.05, 0.1) is 6.61 Å². The predicted molar refractivity (Wildman–Crippen MR) is 109 cm³/mol. The Hall–Kier alpha value is -2.28. The van der Waals surface area contributed by atoms with Gasteiger partial charge < -0.3 is 25.6 Å². The molecule has 7 heteroatoms. The standard InChI is InChI=1S/C22H32N2O5/c1-12-13(2)19-16(14(3)18(12)26)9-10-22(4,29-19)21(28)24-17(11-25)20(27)23-15-7-5-6-8-15/h15,17,25-26H,5-11H2,1-4H3,(H,23,27)(H,24,28). The molecule has 2 aliphatic rings. The van der Waals surface area contributed by atoms with E-state index in [1.165, 1.54) is 0 Å². The van der Waals surface area contributed by atoms with E-state index >= 15 is 0 Å². The quantitative estimate of drug-likeness (QED) is 0.600. The van der Waals surface area contributed by atoms with Crippen molar-refractivity contribution in [2.24, 2.45) is 0 Å². The van der Waals surface area contributed by atoms with E-state index in [2.05, 4.69) is 10.6 Å². The van der Waals surface area contributed by atoms with E-state index in [1.54, 1.807) is 6.92 Å². The van der Waals surface area contributed by atoms with Crippen LogP contribution in [0, 0.1) is 20.8 Å². The van der Waals surface area contributed by atoms with Crippen LogP contribution in [0.25, 0.3) is 0 Å². The maximum Gasteiger partial charge on any atom is 0.264 e. The summed E-state index contributed by atoms with van der Waals surface area (Å²) in [5, 5.41) is 25.5. The molecule has 0 saturated heterocycles. The molecule has 2 unspecified atom stereocenters. The normalized spacial score (nSPS) is 22.5. The maximum absolute atomic E-state index is 13.0. The Kier molecular flexibility index (Phi) is 6.08. The molecular formula is C22H32N2O5. The van der Waals surface area contributed by atoms with Gasteiger partial charge in [0, 0.05) is 18.0 Å². The molecule has 0 radical (unpaired) electrons. The van der Waals surface area contributed by atoms with Crippen LogP contribution >= 0.6 is 0 Å². The zero-order chi connectivity index (χ0) is 21.3. The fraction of sp³-hybridized carbons (Fsp3) is 0.636. The van der Waals surface area contributed by atoms with E-state index in [1.807, 2.05) is 20.8 Å². The van der Waals surface area contributed by atoms with E-state index in [0.29, 0.717) is 18.6 Å². The lowest BCUT2D eigenvalue weighted by atomic mass is 9.86. The average Bonchev–Trinajstić information content (AvgIpc) is 3.21. The van der Waals surface area contributed by atoms with Crippen LogP contribution < -0.4 is 15.4 Å². The van der Waals surface area contributed by atoms with Crippen molar-refractivity contribution in [3.8, 4) is 11.5 Å². The summed E-state index contributed by atoms with van der Waals surface area (Å²) in [6, 6.07) is -0.891. The fourth-order valence-corrected chi connectivity index (χ4v) is 4.28. The van der Waals surface area contributed by atoms with Crippen LogP contribution in [-0.2, 0) is 16.0 Å². The number of nitrogens with one attached hydrogen (secondary N) is 2. The minimum absolute atomic E-state index is 0.114. The lowest BCUT2D eigenvalue weighted by Crippen LogP contribution is -2.58. The minimum atomic E-state index is -1.16. The van der Waals surface area contributed by atoms with Crippen molar-refractivity contribution in [1.82, 2.24) is 10.6 Å². The Bertz CT molecular complexity index is 816. The summed E-state index contributed by atoms with van der Waals surface area (Å²) in [4.78, 5) is 25.5. The summed E-state index contributed by atoms with van der Waals surface area (Å²) in [5.41, 5.74) is 2.06. The van der Waals surface area contributed by atoms with Crippen LogP contribution in [0.1, 0.15) is 61.3 Å². The number of hydrogen-bond donors (Lipinski definition) is 4. The molecule has 1 heterocycles. The number of benzene rings is 1. The Morgan fingerprint density at radius 1 is 1.17 bits per heavy atom. The molecule has 0 aromatic heterocycles. The number of carbonyl (C=O) groups excluding carboxylic acids is 2. The molecule has 1 aliphatic heterocycles. The summed E-state index contributed by atoms with van der Waals surface area (Å²) in [7, 11) is 0. The van der Waals surface area contributed by atoms with E-state index in [0.717, 1.165) is 47.9 Å². The summed E-state index contributed by atoms with van der Waals surface area (Å²) >= 11 is 0. The van der Waals surface area contributed by atoms with Crippen molar-refractivity contribution in [3.63, 3.8) is 0 Å². The second-order valence-corrected chi connectivity index (χ2v) is 8.56. The Morgan fingerprint density at radius 3 is 2.45 bits per heavy atom. The number of rotatable bonds is 5. The number of phenols is 1. The molecule has 0 bridgehead atoms. The van der Waals surface area contributed by atoms with E-state index < -0.39 is 24.2 Å². The van der Waals surface area contributed by atoms with Gasteiger partial charge in [0.1, 0.15) is 17.5 Å². The molecular weight excluding hydrogens is 372 g/mol. The topological polar surface area (TPSA) is 108 Å². The number of amides is 2. The number of hydrogen-bond acceptors (Lipinski definition) is 5. The molecule has 1 aliphatic carbocycles. The minimum Gasteiger partial charge on any atom is -0.507 e. The number of aliphatic hydroxyl groups excluding tert-OH is 1. The van der Waals surface area contributed by atoms with Gasteiger partial charge in [-0.05, 0) is 63.6 Å². The maximum atomic E-state index is 13.0. The van der Waals surface area contributed by atoms with Crippen LogP contribution in [0.15, 0.2) is 0 Å². The summed E-state index contributed by atoms with van der Waals surface area (Å²) in [6.07, 6.45) is 5.02. The number of ether oxygens (including phenoxy) is 1. The van der Waals surface area contributed by atoms with Crippen molar-refractivity contribution in [2.45, 2.75) is 83.9 Å². The van der Waals surface area contributed by atoms with Gasteiger partial charge in [0.2, 0.25) is 5.91 Å². The fourth-order valence-electron chi connectivity index (χ4n) is 4.28. The molecule has 0 spiro atoms. The third-order valence-corrected chi connectivity index (χ3v) is 6.51. The zero-order valence-corrected chi connectivity index (χ0v) is 17.7. The Balaban J connectivity index is 1.74. The molecule has 2 atom stereocenters. The highest BCUT2D eigenvalue weighted by Crippen LogP contribution is 2.43. The number of carbonyl (C=O) groups is 2. The third-order valence-electron chi connectivity index (χ3n) is 6.51. The number of aromatic hydroxyl groups is 1. The van der Waals surface area contributed by atoms with Crippen molar-refractivity contribution in [3.05, 3.63) is 22.3 Å². The van der Waals surface area contributed by atoms with Gasteiger partial charge in [-0.1, -0.05) is 12.8 Å². The van der Waals surface area contributed by atoms with Gasteiger partial charge in [-0.25, -0.2) is 0 Å². The van der Waals surface area contributed by atoms with Crippen LogP contribution in [-0.4, -0.2) is 46.3 Å². The van der Waals surface area contributed by atoms with Gasteiger partial charge in [-0.3, -0.25) is 9.59 Å². The Labute approximate surface area is 171 Å². The first-order valence-corrected chi connectivity index (χ1v) is 10.4. The molecule has 7 nitrogen and oxygen atoms in total. The lowest BCUT2D eigenvalue weighted by Gasteiger charge is -2.37. The highest BCUT2D eigenvalue weighted by atomic mass is 16.5. The van der Waals surface area contributed by atoms with E-state index in [9.17, 15) is 19.8 Å². The van der Waals surface area contributed by atoms with Gasteiger partial charge >= 0.3 is 0 Å². The van der Waals surface area contributed by atoms with Gasteiger partial charge in [-0.15, -0.1) is 0 Å². The van der Waals surface area contributed by atoms with Crippen LogP contribution in [0.2, 0.25) is 0 Å². The molecule has 160 valence electrons. The summed E-state index contributed by atoms with van der Waals surface area (Å²) in [5.74, 6) is 0.103. The smallest absolute Gasteiger partial charge is 0.264 e. The average molecular weight is 405 g/mol. The highest BCUT2D eigenvalue weighted by molar-refractivity contribution is 5.92. The Morgan fingerprint density at radius 2 is 1.83 bits per heavy atom. The lowest BCUT2D eigenvalue weighted by molar-refractivity contribution is -0.141. The summed E-state index contributed by atoms with van der Waals surface area (Å²) < 4.78 is 6.15. The van der Waals surface area contributed by atoms with E-state index in [-0.39, 0.29) is 17.7 Å². The molecule has 2 amide bonds. The molecule has 1 aromatic carbocycles. The van der Waals surface area contributed by atoms with Crippen molar-refractivity contribution in [1.29, 1.82) is 0 Å². The van der Waals surface area contributed by atoms with Crippen LogP contribution in [0.3, 0.4) is 0 Å².